The van der Waals surface area contributed by atoms with E-state index in [0.29, 0.717) is 0 Å². The van der Waals surface area contributed by atoms with Crippen molar-refractivity contribution in [2.45, 2.75) is 205 Å². The number of fused-ring (bicyclic) bond motifs is 15. The smallest absolute Gasteiger partial charge is 0.252 e. The zero-order chi connectivity index (χ0) is 70.9. The van der Waals surface area contributed by atoms with Crippen molar-refractivity contribution >= 4 is 68.6 Å². The molecule has 0 radical (unpaired) electrons. The Morgan fingerprint density at radius 2 is 0.578 bits per heavy atom. The normalized spacial score (nSPS) is 22.3. The fourth-order valence-corrected chi connectivity index (χ4v) is 22.7. The van der Waals surface area contributed by atoms with Gasteiger partial charge in [0, 0.05) is 94.2 Å². The van der Waals surface area contributed by atoms with E-state index in [-0.39, 0.29) is 61.0 Å². The summed E-state index contributed by atoms with van der Waals surface area (Å²) in [5.74, 6) is 0. The maximum atomic E-state index is 2.89. The van der Waals surface area contributed by atoms with Crippen LogP contribution in [0.5, 0.6) is 0 Å². The third-order valence-corrected chi connectivity index (χ3v) is 28.8. The second-order valence-corrected chi connectivity index (χ2v) is 36.8. The average molecular weight is 1330 g/mol. The molecule has 508 valence electrons. The van der Waals surface area contributed by atoms with Gasteiger partial charge in [-0.15, -0.1) is 0 Å². The van der Waals surface area contributed by atoms with Gasteiger partial charge in [-0.1, -0.05) is 288 Å². The molecule has 0 spiro atoms. The van der Waals surface area contributed by atoms with Crippen molar-refractivity contribution in [3.05, 3.63) is 313 Å². The highest BCUT2D eigenvalue weighted by Gasteiger charge is 2.59. The highest BCUT2D eigenvalue weighted by atomic mass is 15.3. The second-order valence-electron chi connectivity index (χ2n) is 36.8. The minimum Gasteiger partial charge on any atom is -0.334 e. The first kappa shape index (κ1) is 63.8. The monoisotopic (exact) mass is 1330 g/mol. The molecular formula is C98H98BN3. The second kappa shape index (κ2) is 20.4. The average Bonchev–Trinajstić information content (AvgIpc) is 1.59. The highest BCUT2D eigenvalue weighted by molar-refractivity contribution is 7.00. The van der Waals surface area contributed by atoms with E-state index < -0.39 is 0 Å². The van der Waals surface area contributed by atoms with Gasteiger partial charge in [-0.05, 0) is 203 Å². The van der Waals surface area contributed by atoms with Gasteiger partial charge in [0.25, 0.3) is 6.71 Å². The number of rotatable bonds is 4. The molecule has 2 unspecified atom stereocenters. The molecule has 0 amide bonds. The van der Waals surface area contributed by atoms with Crippen LogP contribution in [-0.2, 0) is 48.7 Å². The van der Waals surface area contributed by atoms with Gasteiger partial charge >= 0.3 is 0 Å². The zero-order valence-corrected chi connectivity index (χ0v) is 63.5. The predicted molar refractivity (Wildman–Crippen MR) is 431 cm³/mol. The Labute approximate surface area is 608 Å². The summed E-state index contributed by atoms with van der Waals surface area (Å²) in [5.41, 5.74) is 38.1. The van der Waals surface area contributed by atoms with Crippen molar-refractivity contribution in [1.82, 2.24) is 0 Å². The largest absolute Gasteiger partial charge is 0.334 e. The first-order valence-corrected chi connectivity index (χ1v) is 38.2. The van der Waals surface area contributed by atoms with Crippen LogP contribution in [0.4, 0.5) is 45.5 Å². The third-order valence-electron chi connectivity index (χ3n) is 28.8. The molecule has 0 bridgehead atoms. The molecule has 11 aromatic rings. The van der Waals surface area contributed by atoms with Gasteiger partial charge in [-0.25, -0.2) is 0 Å². The van der Waals surface area contributed by atoms with Gasteiger partial charge in [0.05, 0.1) is 5.54 Å². The molecule has 0 aromatic heterocycles. The van der Waals surface area contributed by atoms with Crippen molar-refractivity contribution in [3.63, 3.8) is 0 Å². The minimum absolute atomic E-state index is 0.137. The Balaban J connectivity index is 0.974. The van der Waals surface area contributed by atoms with Crippen molar-refractivity contribution < 1.29 is 0 Å². The van der Waals surface area contributed by atoms with Crippen LogP contribution >= 0.6 is 0 Å². The minimum atomic E-state index is -0.308. The summed E-state index contributed by atoms with van der Waals surface area (Å²) in [7, 11) is 0. The Morgan fingerprint density at radius 1 is 0.245 bits per heavy atom. The number of hydrogen-bond donors (Lipinski definition) is 0. The summed E-state index contributed by atoms with van der Waals surface area (Å²) in [6.07, 6.45) is 4.59. The molecule has 3 heterocycles. The summed E-state index contributed by atoms with van der Waals surface area (Å²) in [4.78, 5) is 8.50. The zero-order valence-electron chi connectivity index (χ0n) is 63.5. The lowest BCUT2D eigenvalue weighted by Gasteiger charge is -2.52. The van der Waals surface area contributed by atoms with E-state index in [1.807, 2.05) is 0 Å². The molecular weight excluding hydrogens is 1230 g/mol. The van der Waals surface area contributed by atoms with Crippen LogP contribution in [0.3, 0.4) is 0 Å². The maximum Gasteiger partial charge on any atom is 0.252 e. The fraction of sp³-hybridized carbons (Fsp3) is 0.327. The quantitative estimate of drug-likeness (QED) is 0.163. The molecule has 2 atom stereocenters. The molecule has 3 nitrogen and oxygen atoms in total. The summed E-state index contributed by atoms with van der Waals surface area (Å²) in [6, 6.07) is 87.8. The van der Waals surface area contributed by atoms with Gasteiger partial charge < -0.3 is 14.7 Å². The molecule has 0 N–H and O–H groups in total. The number of hydrogen-bond acceptors (Lipinski definition) is 3. The van der Waals surface area contributed by atoms with Crippen LogP contribution in [0, 0.1) is 0 Å². The van der Waals surface area contributed by atoms with Crippen molar-refractivity contribution in [2.24, 2.45) is 0 Å². The lowest BCUT2D eigenvalue weighted by Crippen LogP contribution is -2.62. The highest BCUT2D eigenvalue weighted by Crippen LogP contribution is 2.64. The van der Waals surface area contributed by atoms with Crippen LogP contribution in [0.1, 0.15) is 245 Å². The molecule has 1 saturated carbocycles. The Bertz CT molecular complexity index is 5220. The summed E-state index contributed by atoms with van der Waals surface area (Å²) < 4.78 is 0. The van der Waals surface area contributed by atoms with Crippen molar-refractivity contribution in [1.29, 1.82) is 0 Å². The molecule has 8 aliphatic rings. The van der Waals surface area contributed by atoms with E-state index >= 15 is 0 Å². The third kappa shape index (κ3) is 7.95. The standard InChI is InChI=1S/C98H98BN3/c1-89(2)64-34-22-24-36-66(64)91(5,6)74-51-61(43-45-72(74)89)100-84-57-78-76(93(9,10)68-38-26-28-40-70(68)95(78,13)14)55-81(84)99-82-56-77-79(96(15,16)71-41-29-27-39-69(71)94(77,11)12)58-85(82)101(62-44-46-73-75(52-62)92(7,8)67-37-25-23-35-65(67)90(73,3)4)87-54-63(53-86(100)88(87)99)102-83-47-42-60(59-32-20-19-21-33-59)50-80(83)97(17)48-30-31-49-98(97,102)18/h19-29,32-47,50-58H,30-31,48-49H2,1-18H3. The summed E-state index contributed by atoms with van der Waals surface area (Å²) in [5, 5.41) is 0. The molecule has 11 aromatic carbocycles. The van der Waals surface area contributed by atoms with Gasteiger partial charge in [0.15, 0.2) is 0 Å². The molecule has 1 fully saturated rings. The van der Waals surface area contributed by atoms with Crippen LogP contribution in [0.2, 0.25) is 0 Å². The number of anilines is 8. The lowest BCUT2D eigenvalue weighted by molar-refractivity contribution is 0.195. The van der Waals surface area contributed by atoms with Gasteiger partial charge in [0.1, 0.15) is 0 Å². The van der Waals surface area contributed by atoms with E-state index in [1.54, 1.807) is 0 Å². The SMILES string of the molecule is CC1(C)c2ccccc2C(C)(C)c2cc(N3c4cc5c(cc4B4c6cc7c(cc6N(c6ccc8c(c6)C(C)(C)c6ccccc6C8(C)C)c6cc(N8c9ccc(-c%10ccccc%10)cc9C9(C)CCCCC89C)cc3c64)C(C)(C)c3ccccc3C7(C)C)C(C)(C)c3ccccc3C5(C)C)ccc21. The Hall–Kier alpha value is -9.12. The van der Waals surface area contributed by atoms with Crippen molar-refractivity contribution in [3.8, 4) is 11.1 Å². The maximum absolute atomic E-state index is 2.89. The van der Waals surface area contributed by atoms with E-state index in [9.17, 15) is 0 Å². The first-order chi connectivity index (χ1) is 48.4. The fourth-order valence-electron chi connectivity index (χ4n) is 22.7. The number of nitrogens with zero attached hydrogens (tertiary/aromatic N) is 3. The Morgan fingerprint density at radius 3 is 0.971 bits per heavy atom. The van der Waals surface area contributed by atoms with Crippen LogP contribution in [-0.4, -0.2) is 12.3 Å². The lowest BCUT2D eigenvalue weighted by atomic mass is 9.32. The van der Waals surface area contributed by atoms with Crippen LogP contribution in [0.15, 0.2) is 218 Å². The molecule has 3 aliphatic heterocycles. The van der Waals surface area contributed by atoms with Gasteiger partial charge in [-0.3, -0.25) is 0 Å². The summed E-state index contributed by atoms with van der Waals surface area (Å²) >= 11 is 0. The van der Waals surface area contributed by atoms with E-state index in [2.05, 4.69) is 358 Å². The topological polar surface area (TPSA) is 9.72 Å². The van der Waals surface area contributed by atoms with Gasteiger partial charge in [0.2, 0.25) is 0 Å². The molecule has 102 heavy (non-hydrogen) atoms. The number of benzene rings is 11. The first-order valence-electron chi connectivity index (χ1n) is 38.2. The van der Waals surface area contributed by atoms with Gasteiger partial charge in [-0.2, -0.15) is 0 Å². The summed E-state index contributed by atoms with van der Waals surface area (Å²) in [6.45, 7) is 44.9. The van der Waals surface area contributed by atoms with E-state index in [0.717, 1.165) is 12.8 Å². The van der Waals surface area contributed by atoms with E-state index in [4.69, 9.17) is 0 Å². The molecule has 19 rings (SSSR count). The molecule has 5 aliphatic carbocycles. The molecule has 0 saturated heterocycles. The van der Waals surface area contributed by atoms with Crippen molar-refractivity contribution in [2.75, 3.05) is 14.7 Å². The van der Waals surface area contributed by atoms with Crippen LogP contribution < -0.4 is 31.1 Å². The Kier molecular flexibility index (Phi) is 12.8. The van der Waals surface area contributed by atoms with Crippen LogP contribution in [0.25, 0.3) is 11.1 Å². The predicted octanol–water partition coefficient (Wildman–Crippen LogP) is 23.0. The van der Waals surface area contributed by atoms with E-state index in [1.165, 1.54) is 180 Å². The molecule has 4 heteroatoms.